The quantitative estimate of drug-likeness (QED) is 0.843. The molecule has 21 heavy (non-hydrogen) atoms. The minimum Gasteiger partial charge on any atom is -0.493 e. The molecule has 2 aromatic carbocycles. The topological polar surface area (TPSA) is 30.5 Å². The molecule has 1 N–H and O–H groups in total. The van der Waals surface area contributed by atoms with E-state index in [1.807, 2.05) is 25.1 Å². The van der Waals surface area contributed by atoms with Crippen LogP contribution in [0.1, 0.15) is 31.0 Å². The number of benzene rings is 2. The molecule has 0 amide bonds. The minimum atomic E-state index is 0.230. The molecule has 3 nitrogen and oxygen atoms in total. The Kier molecular flexibility index (Phi) is 5.09. The van der Waals surface area contributed by atoms with Gasteiger partial charge in [0.15, 0.2) is 11.5 Å². The molecule has 0 heterocycles. The summed E-state index contributed by atoms with van der Waals surface area (Å²) in [5.74, 6) is 1.52. The van der Waals surface area contributed by atoms with E-state index in [1.165, 1.54) is 11.1 Å². The summed E-state index contributed by atoms with van der Waals surface area (Å²) in [7, 11) is 1.66. The Labute approximate surface area is 126 Å². The van der Waals surface area contributed by atoms with Crippen LogP contribution in [0.3, 0.4) is 0 Å². The van der Waals surface area contributed by atoms with Gasteiger partial charge >= 0.3 is 0 Å². The van der Waals surface area contributed by atoms with Crippen molar-refractivity contribution in [3.05, 3.63) is 53.6 Å². The van der Waals surface area contributed by atoms with Gasteiger partial charge in [0.2, 0.25) is 0 Å². The van der Waals surface area contributed by atoms with Crippen LogP contribution in [0.15, 0.2) is 42.5 Å². The van der Waals surface area contributed by atoms with Crippen LogP contribution in [0.25, 0.3) is 0 Å². The van der Waals surface area contributed by atoms with Gasteiger partial charge in [-0.1, -0.05) is 24.3 Å². The van der Waals surface area contributed by atoms with Crippen LogP contribution >= 0.6 is 0 Å². The van der Waals surface area contributed by atoms with Crippen molar-refractivity contribution in [1.82, 2.24) is 0 Å². The lowest BCUT2D eigenvalue weighted by molar-refractivity contribution is 0.311. The SMILES string of the molecule is CCOc1ccc(NC(C)c2ccccc2C)cc1OC. The average Bonchev–Trinajstić information content (AvgIpc) is 2.49. The van der Waals surface area contributed by atoms with Gasteiger partial charge in [0.05, 0.1) is 13.7 Å². The van der Waals surface area contributed by atoms with Crippen molar-refractivity contribution < 1.29 is 9.47 Å². The molecule has 1 atom stereocenters. The lowest BCUT2D eigenvalue weighted by atomic mass is 10.0. The van der Waals surface area contributed by atoms with E-state index in [1.54, 1.807) is 7.11 Å². The Morgan fingerprint density at radius 3 is 2.52 bits per heavy atom. The fraction of sp³-hybridized carbons (Fsp3) is 0.333. The summed E-state index contributed by atoms with van der Waals surface area (Å²) in [6.07, 6.45) is 0. The van der Waals surface area contributed by atoms with Gasteiger partial charge in [-0.15, -0.1) is 0 Å². The van der Waals surface area contributed by atoms with Crippen molar-refractivity contribution in [2.45, 2.75) is 26.8 Å². The maximum absolute atomic E-state index is 5.54. The Morgan fingerprint density at radius 2 is 1.86 bits per heavy atom. The number of ether oxygens (including phenoxy) is 2. The second kappa shape index (κ2) is 7.02. The maximum atomic E-state index is 5.54. The highest BCUT2D eigenvalue weighted by molar-refractivity contribution is 5.56. The Balaban J connectivity index is 2.18. The molecule has 0 fully saturated rings. The number of rotatable bonds is 6. The molecule has 2 rings (SSSR count). The summed E-state index contributed by atoms with van der Waals surface area (Å²) in [6.45, 7) is 6.88. The average molecular weight is 285 g/mol. The third-order valence-electron chi connectivity index (χ3n) is 3.50. The standard InChI is InChI=1S/C18H23NO2/c1-5-21-17-11-10-15(12-18(17)20-4)19-14(3)16-9-7-6-8-13(16)2/h6-12,14,19H,5H2,1-4H3. The van der Waals surface area contributed by atoms with Crippen molar-refractivity contribution >= 4 is 5.69 Å². The molecule has 0 saturated carbocycles. The highest BCUT2D eigenvalue weighted by Gasteiger charge is 2.10. The largest absolute Gasteiger partial charge is 0.493 e. The molecule has 0 radical (unpaired) electrons. The zero-order valence-electron chi connectivity index (χ0n) is 13.1. The molecule has 3 heteroatoms. The van der Waals surface area contributed by atoms with E-state index in [-0.39, 0.29) is 6.04 Å². The predicted molar refractivity (Wildman–Crippen MR) is 87.4 cm³/mol. The van der Waals surface area contributed by atoms with Gasteiger partial charge in [0.1, 0.15) is 0 Å². The molecule has 1 unspecified atom stereocenters. The van der Waals surface area contributed by atoms with E-state index in [2.05, 4.69) is 43.4 Å². The second-order valence-corrected chi connectivity index (χ2v) is 5.02. The van der Waals surface area contributed by atoms with Crippen LogP contribution < -0.4 is 14.8 Å². The number of nitrogens with one attached hydrogen (secondary N) is 1. The summed E-state index contributed by atoms with van der Waals surface area (Å²) in [5.41, 5.74) is 3.60. The van der Waals surface area contributed by atoms with Crippen LogP contribution in [-0.4, -0.2) is 13.7 Å². The maximum Gasteiger partial charge on any atom is 0.162 e. The fourth-order valence-electron chi connectivity index (χ4n) is 2.43. The van der Waals surface area contributed by atoms with Crippen molar-refractivity contribution in [1.29, 1.82) is 0 Å². The van der Waals surface area contributed by atoms with E-state index in [4.69, 9.17) is 9.47 Å². The normalized spacial score (nSPS) is 11.8. The molecular formula is C18H23NO2. The highest BCUT2D eigenvalue weighted by Crippen LogP contribution is 2.32. The number of aryl methyl sites for hydroxylation is 1. The van der Waals surface area contributed by atoms with Gasteiger partial charge in [-0.3, -0.25) is 0 Å². The highest BCUT2D eigenvalue weighted by atomic mass is 16.5. The summed E-state index contributed by atoms with van der Waals surface area (Å²) in [5, 5.41) is 3.51. The van der Waals surface area contributed by atoms with Gasteiger partial charge < -0.3 is 14.8 Å². The van der Waals surface area contributed by atoms with Crippen LogP contribution in [0.4, 0.5) is 5.69 Å². The first-order chi connectivity index (χ1) is 10.2. The first-order valence-corrected chi connectivity index (χ1v) is 7.28. The first-order valence-electron chi connectivity index (χ1n) is 7.28. The number of methoxy groups -OCH3 is 1. The predicted octanol–water partition coefficient (Wildman–Crippen LogP) is 4.58. The molecule has 112 valence electrons. The zero-order valence-corrected chi connectivity index (χ0v) is 13.1. The van der Waals surface area contributed by atoms with Crippen LogP contribution in [0.5, 0.6) is 11.5 Å². The monoisotopic (exact) mass is 285 g/mol. The van der Waals surface area contributed by atoms with E-state index in [0.29, 0.717) is 6.61 Å². The molecule has 0 spiro atoms. The third-order valence-corrected chi connectivity index (χ3v) is 3.50. The smallest absolute Gasteiger partial charge is 0.162 e. The number of hydrogen-bond acceptors (Lipinski definition) is 3. The number of hydrogen-bond donors (Lipinski definition) is 1. The van der Waals surface area contributed by atoms with Gasteiger partial charge in [-0.05, 0) is 44.0 Å². The molecule has 0 aliphatic carbocycles. The number of anilines is 1. The van der Waals surface area contributed by atoms with Crippen molar-refractivity contribution in [2.24, 2.45) is 0 Å². The molecular weight excluding hydrogens is 262 g/mol. The third kappa shape index (κ3) is 3.69. The molecule has 0 saturated heterocycles. The van der Waals surface area contributed by atoms with Crippen molar-refractivity contribution in [3.63, 3.8) is 0 Å². The molecule has 0 aliphatic heterocycles. The molecule has 0 bridgehead atoms. The summed E-state index contributed by atoms with van der Waals surface area (Å²) >= 11 is 0. The van der Waals surface area contributed by atoms with Gasteiger partial charge in [0.25, 0.3) is 0 Å². The first kappa shape index (κ1) is 15.2. The second-order valence-electron chi connectivity index (χ2n) is 5.02. The van der Waals surface area contributed by atoms with Crippen LogP contribution in [-0.2, 0) is 0 Å². The minimum absolute atomic E-state index is 0.230. The fourth-order valence-corrected chi connectivity index (χ4v) is 2.43. The Hall–Kier alpha value is -2.16. The van der Waals surface area contributed by atoms with E-state index < -0.39 is 0 Å². The summed E-state index contributed by atoms with van der Waals surface area (Å²) in [6, 6.07) is 14.6. The van der Waals surface area contributed by atoms with E-state index in [9.17, 15) is 0 Å². The zero-order chi connectivity index (χ0) is 15.2. The summed E-state index contributed by atoms with van der Waals surface area (Å²) < 4.78 is 10.9. The van der Waals surface area contributed by atoms with Crippen LogP contribution in [0.2, 0.25) is 0 Å². The Bertz CT molecular complexity index is 596. The lowest BCUT2D eigenvalue weighted by Gasteiger charge is -2.19. The summed E-state index contributed by atoms with van der Waals surface area (Å²) in [4.78, 5) is 0. The van der Waals surface area contributed by atoms with E-state index >= 15 is 0 Å². The molecule has 2 aromatic rings. The van der Waals surface area contributed by atoms with E-state index in [0.717, 1.165) is 17.2 Å². The van der Waals surface area contributed by atoms with Gasteiger partial charge in [0, 0.05) is 17.8 Å². The van der Waals surface area contributed by atoms with Crippen molar-refractivity contribution in [2.75, 3.05) is 19.0 Å². The lowest BCUT2D eigenvalue weighted by Crippen LogP contribution is -2.08. The molecule has 0 aliphatic rings. The van der Waals surface area contributed by atoms with Gasteiger partial charge in [-0.25, -0.2) is 0 Å². The van der Waals surface area contributed by atoms with Crippen LogP contribution in [0, 0.1) is 6.92 Å². The Morgan fingerprint density at radius 1 is 1.10 bits per heavy atom. The van der Waals surface area contributed by atoms with Gasteiger partial charge in [-0.2, -0.15) is 0 Å². The molecule has 0 aromatic heterocycles. The van der Waals surface area contributed by atoms with Crippen molar-refractivity contribution in [3.8, 4) is 11.5 Å².